The first-order valence-electron chi connectivity index (χ1n) is 13.3. The quantitative estimate of drug-likeness (QED) is 0.277. The number of ether oxygens (including phenoxy) is 1. The minimum absolute atomic E-state index is 0.160. The van der Waals surface area contributed by atoms with Crippen LogP contribution in [0.15, 0.2) is 96.6 Å². The van der Waals surface area contributed by atoms with E-state index in [9.17, 15) is 9.59 Å². The fourth-order valence-corrected chi connectivity index (χ4v) is 4.81. The fourth-order valence-electron chi connectivity index (χ4n) is 4.68. The van der Waals surface area contributed by atoms with Crippen molar-refractivity contribution in [1.29, 1.82) is 0 Å². The first kappa shape index (κ1) is 27.5. The Morgan fingerprint density at radius 3 is 2.29 bits per heavy atom. The first-order valence-corrected chi connectivity index (χ1v) is 13.7. The van der Waals surface area contributed by atoms with Gasteiger partial charge in [0.25, 0.3) is 5.91 Å². The third-order valence-electron chi connectivity index (χ3n) is 6.77. The minimum atomic E-state index is -0.694. The van der Waals surface area contributed by atoms with E-state index in [1.165, 1.54) is 18.4 Å². The molecule has 1 N–H and O–H groups in total. The summed E-state index contributed by atoms with van der Waals surface area (Å²) in [4.78, 5) is 28.9. The fraction of sp³-hybridized carbons (Fsp3) is 0.312. The largest absolute Gasteiger partial charge is 0.484 e. The first-order chi connectivity index (χ1) is 18.6. The molecule has 198 valence electrons. The van der Waals surface area contributed by atoms with Gasteiger partial charge in [0.05, 0.1) is 0 Å². The molecule has 2 amide bonds. The van der Waals surface area contributed by atoms with E-state index in [2.05, 4.69) is 11.4 Å². The molecular formula is C32H35ClN2O3. The smallest absolute Gasteiger partial charge is 0.261 e. The molecule has 0 spiro atoms. The average Bonchev–Trinajstić information content (AvgIpc) is 2.96. The van der Waals surface area contributed by atoms with E-state index >= 15 is 0 Å². The van der Waals surface area contributed by atoms with Crippen LogP contribution in [0.5, 0.6) is 5.75 Å². The van der Waals surface area contributed by atoms with Gasteiger partial charge >= 0.3 is 0 Å². The van der Waals surface area contributed by atoms with E-state index < -0.39 is 6.04 Å². The van der Waals surface area contributed by atoms with Crippen molar-refractivity contribution in [3.8, 4) is 5.75 Å². The summed E-state index contributed by atoms with van der Waals surface area (Å²) in [6.07, 6.45) is 8.20. The molecule has 1 unspecified atom stereocenters. The molecule has 1 atom stereocenters. The lowest BCUT2D eigenvalue weighted by molar-refractivity contribution is -0.142. The number of hydrogen-bond donors (Lipinski definition) is 1. The number of halogens is 1. The van der Waals surface area contributed by atoms with Gasteiger partial charge in [-0.15, -0.1) is 0 Å². The van der Waals surface area contributed by atoms with E-state index in [0.29, 0.717) is 23.7 Å². The van der Waals surface area contributed by atoms with Crippen molar-refractivity contribution in [2.45, 2.75) is 51.1 Å². The highest BCUT2D eigenvalue weighted by Gasteiger charge is 2.30. The normalized spacial score (nSPS) is 13.8. The van der Waals surface area contributed by atoms with Crippen molar-refractivity contribution in [3.05, 3.63) is 113 Å². The van der Waals surface area contributed by atoms with E-state index in [1.54, 1.807) is 17.0 Å². The number of benzene rings is 3. The molecule has 0 fully saturated rings. The monoisotopic (exact) mass is 530 g/mol. The number of hydrogen-bond acceptors (Lipinski definition) is 3. The van der Waals surface area contributed by atoms with E-state index in [0.717, 1.165) is 30.4 Å². The molecule has 6 heteroatoms. The van der Waals surface area contributed by atoms with Gasteiger partial charge < -0.3 is 15.0 Å². The second-order valence-electron chi connectivity index (χ2n) is 9.60. The Hall–Kier alpha value is -3.57. The van der Waals surface area contributed by atoms with Crippen LogP contribution < -0.4 is 10.1 Å². The summed E-state index contributed by atoms with van der Waals surface area (Å²) in [5.74, 6) is 0.194. The lowest BCUT2D eigenvalue weighted by Crippen LogP contribution is -2.51. The second-order valence-corrected chi connectivity index (χ2v) is 10.0. The molecular weight excluding hydrogens is 496 g/mol. The molecule has 1 aliphatic rings. The lowest BCUT2D eigenvalue weighted by Gasteiger charge is -2.31. The van der Waals surface area contributed by atoms with Gasteiger partial charge in [0.2, 0.25) is 5.91 Å². The number of carbonyl (C=O) groups excluding carboxylic acids is 2. The number of para-hydroxylation sites is 1. The summed E-state index contributed by atoms with van der Waals surface area (Å²) in [5.41, 5.74) is 3.28. The van der Waals surface area contributed by atoms with Gasteiger partial charge in [-0.05, 0) is 67.5 Å². The SMILES string of the molecule is O=C(NCCC1=CCCCC1)C(Cc1ccccc1)N(Cc1ccc(Cl)cc1)C(=O)COc1ccccc1. The standard InChI is InChI=1S/C32H35ClN2O3/c33-28-18-16-27(17-19-28)23-35(31(36)24-38-29-14-8-3-9-15-29)30(22-26-12-6-2-7-13-26)32(37)34-21-20-25-10-4-1-5-11-25/h2-3,6-10,12-19,30H,1,4-5,11,20-24H2,(H,34,37). The molecule has 0 heterocycles. The molecule has 0 radical (unpaired) electrons. The third kappa shape index (κ3) is 8.49. The molecule has 0 bridgehead atoms. The predicted molar refractivity (Wildman–Crippen MR) is 152 cm³/mol. The number of amides is 2. The molecule has 5 nitrogen and oxygen atoms in total. The van der Waals surface area contributed by atoms with Crippen LogP contribution in [0.3, 0.4) is 0 Å². The number of allylic oxidation sites excluding steroid dienone is 1. The number of nitrogens with zero attached hydrogens (tertiary/aromatic N) is 1. The number of nitrogens with one attached hydrogen (secondary N) is 1. The topological polar surface area (TPSA) is 58.6 Å². The van der Waals surface area contributed by atoms with Crippen molar-refractivity contribution < 1.29 is 14.3 Å². The van der Waals surface area contributed by atoms with Gasteiger partial charge in [-0.1, -0.05) is 83.9 Å². The molecule has 0 saturated carbocycles. The van der Waals surface area contributed by atoms with Gasteiger partial charge in [0.1, 0.15) is 11.8 Å². The zero-order valence-corrected chi connectivity index (χ0v) is 22.4. The number of carbonyl (C=O) groups is 2. The molecule has 3 aromatic carbocycles. The van der Waals surface area contributed by atoms with Crippen molar-refractivity contribution in [3.63, 3.8) is 0 Å². The second kappa shape index (κ2) is 14.4. The Balaban J connectivity index is 1.55. The van der Waals surface area contributed by atoms with Crippen molar-refractivity contribution in [2.75, 3.05) is 13.2 Å². The van der Waals surface area contributed by atoms with Crippen LogP contribution in [-0.4, -0.2) is 35.9 Å². The van der Waals surface area contributed by atoms with Gasteiger partial charge in [0, 0.05) is 24.5 Å². The van der Waals surface area contributed by atoms with Crippen LogP contribution in [-0.2, 0) is 22.6 Å². The molecule has 0 aliphatic heterocycles. The molecule has 38 heavy (non-hydrogen) atoms. The Labute approximate surface area is 230 Å². The van der Waals surface area contributed by atoms with Crippen molar-refractivity contribution in [1.82, 2.24) is 10.2 Å². The number of rotatable bonds is 12. The zero-order chi connectivity index (χ0) is 26.6. The molecule has 0 aromatic heterocycles. The summed E-state index contributed by atoms with van der Waals surface area (Å²) in [6, 6.07) is 25.7. The van der Waals surface area contributed by atoms with E-state index in [-0.39, 0.29) is 25.0 Å². The van der Waals surface area contributed by atoms with Crippen LogP contribution in [0.1, 0.15) is 43.2 Å². The van der Waals surface area contributed by atoms with Crippen LogP contribution in [0.25, 0.3) is 0 Å². The Kier molecular flexibility index (Phi) is 10.4. The van der Waals surface area contributed by atoms with Crippen LogP contribution >= 0.6 is 11.6 Å². The molecule has 0 saturated heterocycles. The molecule has 3 aromatic rings. The van der Waals surface area contributed by atoms with Gasteiger partial charge in [-0.25, -0.2) is 0 Å². The van der Waals surface area contributed by atoms with E-state index in [1.807, 2.05) is 72.8 Å². The Morgan fingerprint density at radius 2 is 1.61 bits per heavy atom. The maximum Gasteiger partial charge on any atom is 0.261 e. The Morgan fingerprint density at radius 1 is 0.895 bits per heavy atom. The van der Waals surface area contributed by atoms with Gasteiger partial charge in [0.15, 0.2) is 6.61 Å². The predicted octanol–water partition coefficient (Wildman–Crippen LogP) is 6.37. The van der Waals surface area contributed by atoms with Crippen molar-refractivity contribution >= 4 is 23.4 Å². The molecule has 1 aliphatic carbocycles. The highest BCUT2D eigenvalue weighted by atomic mass is 35.5. The summed E-state index contributed by atoms with van der Waals surface area (Å²) in [5, 5.41) is 3.74. The highest BCUT2D eigenvalue weighted by Crippen LogP contribution is 2.20. The minimum Gasteiger partial charge on any atom is -0.484 e. The van der Waals surface area contributed by atoms with E-state index in [4.69, 9.17) is 16.3 Å². The van der Waals surface area contributed by atoms with Gasteiger partial charge in [-0.3, -0.25) is 9.59 Å². The van der Waals surface area contributed by atoms with Crippen molar-refractivity contribution in [2.24, 2.45) is 0 Å². The third-order valence-corrected chi connectivity index (χ3v) is 7.03. The zero-order valence-electron chi connectivity index (χ0n) is 21.7. The summed E-state index contributed by atoms with van der Waals surface area (Å²) < 4.78 is 5.79. The van der Waals surface area contributed by atoms with Gasteiger partial charge in [-0.2, -0.15) is 0 Å². The summed E-state index contributed by atoms with van der Waals surface area (Å²) >= 11 is 6.10. The maximum atomic E-state index is 13.7. The summed E-state index contributed by atoms with van der Waals surface area (Å²) in [6.45, 7) is 0.659. The van der Waals surface area contributed by atoms with Crippen LogP contribution in [0.4, 0.5) is 0 Å². The summed E-state index contributed by atoms with van der Waals surface area (Å²) in [7, 11) is 0. The van der Waals surface area contributed by atoms with Crippen LogP contribution in [0.2, 0.25) is 5.02 Å². The average molecular weight is 531 g/mol. The lowest BCUT2D eigenvalue weighted by atomic mass is 9.97. The highest BCUT2D eigenvalue weighted by molar-refractivity contribution is 6.30. The van der Waals surface area contributed by atoms with Crippen LogP contribution in [0, 0.1) is 0 Å². The Bertz CT molecular complexity index is 1200. The maximum absolute atomic E-state index is 13.7. The molecule has 4 rings (SSSR count).